The van der Waals surface area contributed by atoms with Crippen LogP contribution in [0, 0.1) is 17.2 Å². The van der Waals surface area contributed by atoms with Crippen molar-refractivity contribution in [3.8, 4) is 6.07 Å². The van der Waals surface area contributed by atoms with Crippen molar-refractivity contribution in [1.82, 2.24) is 14.5 Å². The smallest absolute Gasteiger partial charge is 0.274 e. The average Bonchev–Trinajstić information content (AvgIpc) is 3.24. The van der Waals surface area contributed by atoms with Crippen LogP contribution in [-0.4, -0.2) is 52.6 Å². The average molecular weight is 472 g/mol. The highest BCUT2D eigenvalue weighted by atomic mass is 16.5. The molecule has 0 radical (unpaired) electrons. The fourth-order valence-electron chi connectivity index (χ4n) is 5.25. The summed E-state index contributed by atoms with van der Waals surface area (Å²) in [6.45, 7) is 2.83. The van der Waals surface area contributed by atoms with Gasteiger partial charge in [-0.3, -0.25) is 14.6 Å². The van der Waals surface area contributed by atoms with Crippen LogP contribution in [0.5, 0.6) is 0 Å². The molecular formula is C27H29N5O3. The topological polar surface area (TPSA) is 100 Å². The number of carbonyl (C=O) groups excluding carboxylic acids is 2. The van der Waals surface area contributed by atoms with Gasteiger partial charge in [-0.15, -0.1) is 0 Å². The van der Waals surface area contributed by atoms with Crippen molar-refractivity contribution < 1.29 is 14.3 Å². The predicted octanol–water partition coefficient (Wildman–Crippen LogP) is 3.83. The van der Waals surface area contributed by atoms with Crippen LogP contribution in [0.4, 0.5) is 5.69 Å². The number of likely N-dealkylation sites (tertiary alicyclic amines) is 1. The Morgan fingerprint density at radius 2 is 2.00 bits per heavy atom. The number of rotatable bonds is 4. The first-order valence-corrected chi connectivity index (χ1v) is 12.2. The van der Waals surface area contributed by atoms with E-state index in [2.05, 4.69) is 21.1 Å². The predicted molar refractivity (Wildman–Crippen MR) is 132 cm³/mol. The van der Waals surface area contributed by atoms with Gasteiger partial charge in [0.05, 0.1) is 24.2 Å². The van der Waals surface area contributed by atoms with Gasteiger partial charge in [-0.25, -0.2) is 0 Å². The van der Waals surface area contributed by atoms with Crippen LogP contribution < -0.4 is 5.32 Å². The molecule has 0 saturated carbocycles. The van der Waals surface area contributed by atoms with Crippen LogP contribution in [0.3, 0.4) is 0 Å². The molecule has 3 aromatic rings. The number of benzene rings is 1. The first-order valence-electron chi connectivity index (χ1n) is 12.2. The third-order valence-corrected chi connectivity index (χ3v) is 7.16. The maximum Gasteiger partial charge on any atom is 0.274 e. The molecule has 2 saturated heterocycles. The fourth-order valence-corrected chi connectivity index (χ4v) is 5.25. The normalized spacial score (nSPS) is 18.9. The molecule has 8 heteroatoms. The maximum atomic E-state index is 12.9. The van der Waals surface area contributed by atoms with Gasteiger partial charge in [0, 0.05) is 55.7 Å². The van der Waals surface area contributed by atoms with Crippen LogP contribution in [-0.2, 0) is 16.6 Å². The van der Waals surface area contributed by atoms with Gasteiger partial charge in [0.15, 0.2) is 0 Å². The second-order valence-electron chi connectivity index (χ2n) is 9.44. The van der Waals surface area contributed by atoms with E-state index in [1.54, 1.807) is 6.07 Å². The molecule has 0 spiro atoms. The number of nitriles is 1. The number of hydrogen-bond acceptors (Lipinski definition) is 5. The summed E-state index contributed by atoms with van der Waals surface area (Å²) in [7, 11) is 2.03. The zero-order chi connectivity index (χ0) is 24.4. The summed E-state index contributed by atoms with van der Waals surface area (Å²) in [5.41, 5.74) is 3.63. The summed E-state index contributed by atoms with van der Waals surface area (Å²) in [5, 5.41) is 13.1. The van der Waals surface area contributed by atoms with E-state index in [9.17, 15) is 9.59 Å². The Labute approximate surface area is 204 Å². The molecule has 2 amide bonds. The van der Waals surface area contributed by atoms with Gasteiger partial charge in [-0.05, 0) is 67.5 Å². The van der Waals surface area contributed by atoms with E-state index >= 15 is 0 Å². The summed E-state index contributed by atoms with van der Waals surface area (Å²) >= 11 is 0. The van der Waals surface area contributed by atoms with E-state index in [0.29, 0.717) is 23.8 Å². The van der Waals surface area contributed by atoms with Crippen LogP contribution in [0.2, 0.25) is 0 Å². The molecule has 8 nitrogen and oxygen atoms in total. The van der Waals surface area contributed by atoms with E-state index in [-0.39, 0.29) is 23.4 Å². The lowest BCUT2D eigenvalue weighted by atomic mass is 9.88. The number of aryl methyl sites for hydroxylation is 1. The Balaban J connectivity index is 1.31. The first kappa shape index (κ1) is 23.1. The molecule has 2 aliphatic rings. The third-order valence-electron chi connectivity index (χ3n) is 7.16. The third kappa shape index (κ3) is 4.77. The van der Waals surface area contributed by atoms with Crippen molar-refractivity contribution in [1.29, 1.82) is 5.26 Å². The van der Waals surface area contributed by atoms with Gasteiger partial charge >= 0.3 is 0 Å². The number of amides is 2. The second kappa shape index (κ2) is 9.88. The second-order valence-corrected chi connectivity index (χ2v) is 9.44. The van der Waals surface area contributed by atoms with Crippen molar-refractivity contribution >= 4 is 28.4 Å². The lowest BCUT2D eigenvalue weighted by Gasteiger charge is -2.35. The van der Waals surface area contributed by atoms with E-state index in [4.69, 9.17) is 10.00 Å². The number of piperidine rings is 1. The molecule has 2 aromatic heterocycles. The Kier molecular flexibility index (Phi) is 6.51. The van der Waals surface area contributed by atoms with Gasteiger partial charge in [-0.2, -0.15) is 5.26 Å². The number of carbonyl (C=O) groups is 2. The Morgan fingerprint density at radius 1 is 1.17 bits per heavy atom. The Bertz CT molecular complexity index is 1290. The van der Waals surface area contributed by atoms with Gasteiger partial charge < -0.3 is 19.5 Å². The number of hydrogen-bond donors (Lipinski definition) is 1. The first-order chi connectivity index (χ1) is 17.0. The zero-order valence-electron chi connectivity index (χ0n) is 19.9. The number of ether oxygens (including phenoxy) is 1. The highest BCUT2D eigenvalue weighted by molar-refractivity contribution is 6.04. The van der Waals surface area contributed by atoms with Crippen molar-refractivity contribution in [2.45, 2.75) is 31.6 Å². The number of fused-ring (bicyclic) bond motifs is 1. The monoisotopic (exact) mass is 471 g/mol. The standard InChI is InChI=1S/C27H29N5O3/c1-31-16-23(19-7-10-32(11-8-19)27(34)20-3-2-12-35-17-20)22-14-21(4-5-25(22)31)30-26(33)24-13-18(15-28)6-9-29-24/h4-6,9,13-14,16,19-20H,2-3,7-8,10-12,17H2,1H3,(H,30,33). The van der Waals surface area contributed by atoms with Crippen LogP contribution >= 0.6 is 0 Å². The molecule has 5 rings (SSSR count). The molecule has 35 heavy (non-hydrogen) atoms. The molecule has 1 unspecified atom stereocenters. The van der Waals surface area contributed by atoms with E-state index in [1.807, 2.05) is 36.2 Å². The van der Waals surface area contributed by atoms with Gasteiger partial charge in [0.1, 0.15) is 5.69 Å². The quantitative estimate of drug-likeness (QED) is 0.623. The summed E-state index contributed by atoms with van der Waals surface area (Å²) in [6, 6.07) is 11.0. The molecule has 1 N–H and O–H groups in total. The number of aromatic nitrogens is 2. The molecule has 0 bridgehead atoms. The van der Waals surface area contributed by atoms with E-state index in [1.165, 1.54) is 17.8 Å². The van der Waals surface area contributed by atoms with Gasteiger partial charge in [-0.1, -0.05) is 0 Å². The lowest BCUT2D eigenvalue weighted by molar-refractivity contribution is -0.140. The number of nitrogens with one attached hydrogen (secondary N) is 1. The molecule has 1 atom stereocenters. The summed E-state index contributed by atoms with van der Waals surface area (Å²) < 4.78 is 7.63. The summed E-state index contributed by atoms with van der Waals surface area (Å²) in [6.07, 6.45) is 7.35. The minimum absolute atomic E-state index is 0.00682. The largest absolute Gasteiger partial charge is 0.381 e. The fraction of sp³-hybridized carbons (Fsp3) is 0.407. The lowest BCUT2D eigenvalue weighted by Crippen LogP contribution is -2.43. The van der Waals surface area contributed by atoms with Gasteiger partial charge in [0.25, 0.3) is 5.91 Å². The number of nitrogens with zero attached hydrogens (tertiary/aromatic N) is 4. The summed E-state index contributed by atoms with van der Waals surface area (Å²) in [4.78, 5) is 31.7. The van der Waals surface area contributed by atoms with Crippen LogP contribution in [0.25, 0.3) is 10.9 Å². The van der Waals surface area contributed by atoms with Crippen LogP contribution in [0.1, 0.15) is 53.2 Å². The van der Waals surface area contributed by atoms with Crippen molar-refractivity contribution in [2.75, 3.05) is 31.6 Å². The highest BCUT2D eigenvalue weighted by Gasteiger charge is 2.31. The minimum Gasteiger partial charge on any atom is -0.381 e. The van der Waals surface area contributed by atoms with Crippen molar-refractivity contribution in [3.63, 3.8) is 0 Å². The minimum atomic E-state index is -0.350. The number of pyridine rings is 1. The zero-order valence-corrected chi connectivity index (χ0v) is 19.9. The summed E-state index contributed by atoms with van der Waals surface area (Å²) in [5.74, 6) is 0.246. The molecule has 2 fully saturated rings. The molecule has 2 aliphatic heterocycles. The van der Waals surface area contributed by atoms with Crippen molar-refractivity contribution in [2.24, 2.45) is 13.0 Å². The van der Waals surface area contributed by atoms with E-state index in [0.717, 1.165) is 56.3 Å². The van der Waals surface area contributed by atoms with Gasteiger partial charge in [0.2, 0.25) is 5.91 Å². The van der Waals surface area contributed by atoms with Crippen molar-refractivity contribution in [3.05, 3.63) is 59.5 Å². The van der Waals surface area contributed by atoms with Crippen LogP contribution in [0.15, 0.2) is 42.7 Å². The molecule has 1 aromatic carbocycles. The Morgan fingerprint density at radius 3 is 2.74 bits per heavy atom. The Hall–Kier alpha value is -3.70. The molecular weight excluding hydrogens is 442 g/mol. The molecule has 4 heterocycles. The highest BCUT2D eigenvalue weighted by Crippen LogP contribution is 2.36. The maximum absolute atomic E-state index is 12.9. The van der Waals surface area contributed by atoms with E-state index < -0.39 is 0 Å². The molecule has 180 valence electrons. The molecule has 0 aliphatic carbocycles. The SMILES string of the molecule is Cn1cc(C2CCN(C(=O)C3CCCOC3)CC2)c2cc(NC(=O)c3cc(C#N)ccn3)ccc21. The number of anilines is 1.